The van der Waals surface area contributed by atoms with Gasteiger partial charge in [-0.05, 0) is 6.92 Å². The van der Waals surface area contributed by atoms with Crippen molar-refractivity contribution in [3.63, 3.8) is 0 Å². The monoisotopic (exact) mass is 223 g/mol. The van der Waals surface area contributed by atoms with Crippen LogP contribution in [0.4, 0.5) is 0 Å². The highest BCUT2D eigenvalue weighted by molar-refractivity contribution is 7.15. The molecule has 0 amide bonds. The van der Waals surface area contributed by atoms with Crippen molar-refractivity contribution in [2.45, 2.75) is 13.0 Å². The van der Waals surface area contributed by atoms with E-state index in [0.29, 0.717) is 0 Å². The fraction of sp³-hybridized carbons (Fsp3) is 0.500. The zero-order chi connectivity index (χ0) is 10.3. The number of hydrogen-bond donors (Lipinski definition) is 1. The number of nitrogens with one attached hydrogen (secondary N) is 1. The molecule has 0 aromatic carbocycles. The lowest BCUT2D eigenvalue weighted by molar-refractivity contribution is 0.0241. The van der Waals surface area contributed by atoms with E-state index in [0.717, 1.165) is 30.4 Å². The van der Waals surface area contributed by atoms with Crippen LogP contribution in [-0.4, -0.2) is 29.1 Å². The Kier molecular flexibility index (Phi) is 2.23. The highest BCUT2D eigenvalue weighted by Crippen LogP contribution is 2.25. The third-order valence-electron chi connectivity index (χ3n) is 2.72. The molecule has 2 aromatic rings. The Bertz CT molecular complexity index is 470. The maximum absolute atomic E-state index is 5.76. The number of nitrogens with zero attached hydrogens (tertiary/aromatic N) is 2. The van der Waals surface area contributed by atoms with Crippen molar-refractivity contribution in [1.82, 2.24) is 14.7 Å². The molecular formula is C10H13N3OS. The van der Waals surface area contributed by atoms with E-state index < -0.39 is 0 Å². The van der Waals surface area contributed by atoms with Gasteiger partial charge in [0.25, 0.3) is 0 Å². The Hall–Kier alpha value is -0.910. The summed E-state index contributed by atoms with van der Waals surface area (Å²) in [4.78, 5) is 5.57. The summed E-state index contributed by atoms with van der Waals surface area (Å²) >= 11 is 1.66. The van der Waals surface area contributed by atoms with Gasteiger partial charge in [0.2, 0.25) is 0 Å². The second-order valence-electron chi connectivity index (χ2n) is 3.70. The predicted octanol–water partition coefficient (Wildman–Crippen LogP) is 1.37. The van der Waals surface area contributed by atoms with E-state index in [-0.39, 0.29) is 6.10 Å². The summed E-state index contributed by atoms with van der Waals surface area (Å²) in [5.74, 6) is 0. The third kappa shape index (κ3) is 1.47. The molecule has 0 radical (unpaired) electrons. The average Bonchev–Trinajstić information content (AvgIpc) is 2.78. The van der Waals surface area contributed by atoms with Crippen LogP contribution in [0.1, 0.15) is 17.5 Å². The zero-order valence-corrected chi connectivity index (χ0v) is 9.38. The molecule has 1 fully saturated rings. The van der Waals surface area contributed by atoms with Crippen LogP contribution in [-0.2, 0) is 4.74 Å². The van der Waals surface area contributed by atoms with Crippen molar-refractivity contribution in [3.8, 4) is 0 Å². The van der Waals surface area contributed by atoms with E-state index in [9.17, 15) is 0 Å². The molecule has 15 heavy (non-hydrogen) atoms. The minimum absolute atomic E-state index is 0.142. The van der Waals surface area contributed by atoms with Gasteiger partial charge in [0, 0.05) is 24.7 Å². The Morgan fingerprint density at radius 3 is 3.40 bits per heavy atom. The first-order valence-corrected chi connectivity index (χ1v) is 5.98. The minimum atomic E-state index is 0.142. The fourth-order valence-corrected chi connectivity index (χ4v) is 2.81. The van der Waals surface area contributed by atoms with E-state index in [1.165, 1.54) is 5.69 Å². The van der Waals surface area contributed by atoms with Gasteiger partial charge in [0.05, 0.1) is 18.0 Å². The molecule has 1 aliphatic heterocycles. The van der Waals surface area contributed by atoms with Gasteiger partial charge in [0.1, 0.15) is 6.10 Å². The van der Waals surface area contributed by atoms with E-state index in [1.807, 2.05) is 6.92 Å². The molecule has 2 aromatic heterocycles. The molecule has 3 rings (SSSR count). The smallest absolute Gasteiger partial charge is 0.194 e. The van der Waals surface area contributed by atoms with Gasteiger partial charge in [-0.2, -0.15) is 0 Å². The van der Waals surface area contributed by atoms with Crippen LogP contribution < -0.4 is 5.32 Å². The van der Waals surface area contributed by atoms with Crippen molar-refractivity contribution in [1.29, 1.82) is 0 Å². The molecule has 80 valence electrons. The molecule has 1 atom stereocenters. The first kappa shape index (κ1) is 9.33. The number of aromatic nitrogens is 2. The maximum Gasteiger partial charge on any atom is 0.194 e. The lowest BCUT2D eigenvalue weighted by Crippen LogP contribution is -2.34. The quantitative estimate of drug-likeness (QED) is 0.793. The number of ether oxygens (including phenoxy) is 1. The molecule has 5 heteroatoms. The van der Waals surface area contributed by atoms with Gasteiger partial charge in [0.15, 0.2) is 4.96 Å². The number of fused-ring (bicyclic) bond motifs is 1. The molecule has 1 aliphatic rings. The topological polar surface area (TPSA) is 38.6 Å². The standard InChI is InChI=1S/C10H13N3OS/c1-7-9(8-6-11-2-4-14-8)13-3-5-15-10(13)12-7/h3,5,8,11H,2,4,6H2,1H3. The van der Waals surface area contributed by atoms with Crippen LogP contribution in [0.5, 0.6) is 0 Å². The second-order valence-corrected chi connectivity index (χ2v) is 4.57. The molecule has 0 spiro atoms. The Morgan fingerprint density at radius 1 is 1.67 bits per heavy atom. The van der Waals surface area contributed by atoms with Gasteiger partial charge < -0.3 is 10.1 Å². The summed E-state index contributed by atoms with van der Waals surface area (Å²) in [5, 5.41) is 5.40. The van der Waals surface area contributed by atoms with E-state index in [1.54, 1.807) is 11.3 Å². The summed E-state index contributed by atoms with van der Waals surface area (Å²) in [5.41, 5.74) is 2.27. The summed E-state index contributed by atoms with van der Waals surface area (Å²) in [6.07, 6.45) is 2.20. The average molecular weight is 223 g/mol. The number of thiazole rings is 1. The Labute approximate surface area is 91.9 Å². The predicted molar refractivity (Wildman–Crippen MR) is 59.4 cm³/mol. The zero-order valence-electron chi connectivity index (χ0n) is 8.56. The fourth-order valence-electron chi connectivity index (χ4n) is 2.04. The van der Waals surface area contributed by atoms with Crippen LogP contribution >= 0.6 is 11.3 Å². The van der Waals surface area contributed by atoms with Gasteiger partial charge in [-0.25, -0.2) is 4.98 Å². The molecular weight excluding hydrogens is 210 g/mol. The van der Waals surface area contributed by atoms with E-state index in [2.05, 4.69) is 26.3 Å². The van der Waals surface area contributed by atoms with Crippen molar-refractivity contribution in [3.05, 3.63) is 23.0 Å². The molecule has 0 aliphatic carbocycles. The Balaban J connectivity index is 2.07. The molecule has 0 saturated carbocycles. The molecule has 4 nitrogen and oxygen atoms in total. The van der Waals surface area contributed by atoms with Crippen molar-refractivity contribution < 1.29 is 4.74 Å². The summed E-state index contributed by atoms with van der Waals surface area (Å²) in [7, 11) is 0. The number of rotatable bonds is 1. The molecule has 1 N–H and O–H groups in total. The normalized spacial score (nSPS) is 22.3. The van der Waals surface area contributed by atoms with Gasteiger partial charge >= 0.3 is 0 Å². The summed E-state index contributed by atoms with van der Waals surface area (Å²) < 4.78 is 7.90. The van der Waals surface area contributed by atoms with Crippen LogP contribution in [0, 0.1) is 6.92 Å². The largest absolute Gasteiger partial charge is 0.369 e. The van der Waals surface area contributed by atoms with Crippen LogP contribution in [0.3, 0.4) is 0 Å². The number of aryl methyl sites for hydroxylation is 1. The molecule has 3 heterocycles. The van der Waals surface area contributed by atoms with Gasteiger partial charge in [-0.15, -0.1) is 11.3 Å². The minimum Gasteiger partial charge on any atom is -0.369 e. The lowest BCUT2D eigenvalue weighted by atomic mass is 10.2. The molecule has 0 bridgehead atoms. The van der Waals surface area contributed by atoms with Crippen LogP contribution in [0.2, 0.25) is 0 Å². The number of imidazole rings is 1. The van der Waals surface area contributed by atoms with Crippen molar-refractivity contribution in [2.24, 2.45) is 0 Å². The summed E-state index contributed by atoms with van der Waals surface area (Å²) in [6.45, 7) is 4.65. The number of hydrogen-bond acceptors (Lipinski definition) is 4. The maximum atomic E-state index is 5.76. The van der Waals surface area contributed by atoms with Crippen molar-refractivity contribution >= 4 is 16.3 Å². The molecule has 1 unspecified atom stereocenters. The number of morpholine rings is 1. The van der Waals surface area contributed by atoms with Crippen LogP contribution in [0.15, 0.2) is 11.6 Å². The SMILES string of the molecule is Cc1nc2sccn2c1C1CNCCO1. The second kappa shape index (κ2) is 3.59. The van der Waals surface area contributed by atoms with E-state index in [4.69, 9.17) is 4.74 Å². The molecule has 1 saturated heterocycles. The van der Waals surface area contributed by atoms with E-state index >= 15 is 0 Å². The first-order valence-electron chi connectivity index (χ1n) is 5.10. The van der Waals surface area contributed by atoms with Gasteiger partial charge in [-0.1, -0.05) is 0 Å². The first-order chi connectivity index (χ1) is 7.36. The summed E-state index contributed by atoms with van der Waals surface area (Å²) in [6, 6.07) is 0. The van der Waals surface area contributed by atoms with Gasteiger partial charge in [-0.3, -0.25) is 4.40 Å². The highest BCUT2D eigenvalue weighted by atomic mass is 32.1. The van der Waals surface area contributed by atoms with Crippen molar-refractivity contribution in [2.75, 3.05) is 19.7 Å². The Morgan fingerprint density at radius 2 is 2.60 bits per heavy atom. The van der Waals surface area contributed by atoms with Crippen LogP contribution in [0.25, 0.3) is 4.96 Å². The lowest BCUT2D eigenvalue weighted by Gasteiger charge is -2.23. The highest BCUT2D eigenvalue weighted by Gasteiger charge is 2.22. The third-order valence-corrected chi connectivity index (χ3v) is 3.47.